The Morgan fingerprint density at radius 1 is 0.923 bits per heavy atom. The minimum absolute atomic E-state index is 0.409. The summed E-state index contributed by atoms with van der Waals surface area (Å²) in [6.07, 6.45) is 5.56. The number of hydrogen-bond donors (Lipinski definition) is 1. The number of rotatable bonds is 3. The molecule has 2 saturated heterocycles. The molecule has 0 saturated carbocycles. The molecule has 2 aliphatic heterocycles. The molecule has 0 amide bonds. The summed E-state index contributed by atoms with van der Waals surface area (Å²) in [5.41, 5.74) is 2.95. The van der Waals surface area contributed by atoms with E-state index in [4.69, 9.17) is 4.98 Å². The number of para-hydroxylation sites is 2. The van der Waals surface area contributed by atoms with Gasteiger partial charge in [0.05, 0.1) is 22.9 Å². The average molecular weight is 345 g/mol. The van der Waals surface area contributed by atoms with E-state index in [-0.39, 0.29) is 0 Å². The zero-order valence-corrected chi connectivity index (χ0v) is 14.8. The third-order valence-corrected chi connectivity index (χ3v) is 6.05. The molecule has 4 heteroatoms. The van der Waals surface area contributed by atoms with E-state index in [0.717, 1.165) is 49.0 Å². The maximum Gasteiger partial charge on any atom is 0.111 e. The fraction of sp³-hybridized carbons (Fsp3) is 0.364. The fourth-order valence-electron chi connectivity index (χ4n) is 4.76. The van der Waals surface area contributed by atoms with Crippen LogP contribution in [0.2, 0.25) is 0 Å². The van der Waals surface area contributed by atoms with Gasteiger partial charge in [0.1, 0.15) is 5.60 Å². The normalized spacial score (nSPS) is 28.5. The van der Waals surface area contributed by atoms with Gasteiger partial charge >= 0.3 is 0 Å². The molecule has 26 heavy (non-hydrogen) atoms. The van der Waals surface area contributed by atoms with Crippen molar-refractivity contribution in [3.05, 3.63) is 72.1 Å². The van der Waals surface area contributed by atoms with Crippen LogP contribution in [0.15, 0.2) is 60.8 Å². The molecule has 2 unspecified atom stereocenters. The second-order valence-corrected chi connectivity index (χ2v) is 7.73. The molecule has 132 valence electrons. The SMILES string of the molecule is OC1(c2cnc3ccccc3n2)CC2CCC(C1)N2Cc1ccccc1. The molecule has 2 fully saturated rings. The van der Waals surface area contributed by atoms with Gasteiger partial charge in [0, 0.05) is 18.6 Å². The van der Waals surface area contributed by atoms with Crippen LogP contribution in [0.4, 0.5) is 0 Å². The van der Waals surface area contributed by atoms with Crippen molar-refractivity contribution in [2.75, 3.05) is 0 Å². The van der Waals surface area contributed by atoms with E-state index >= 15 is 0 Å². The summed E-state index contributed by atoms with van der Waals surface area (Å²) in [7, 11) is 0. The average Bonchev–Trinajstić information content (AvgIpc) is 2.92. The van der Waals surface area contributed by atoms with Gasteiger partial charge < -0.3 is 5.11 Å². The highest BCUT2D eigenvalue weighted by Crippen LogP contribution is 2.45. The third-order valence-electron chi connectivity index (χ3n) is 6.05. The number of benzene rings is 2. The second-order valence-electron chi connectivity index (χ2n) is 7.73. The number of aromatic nitrogens is 2. The largest absolute Gasteiger partial charge is 0.383 e. The summed E-state index contributed by atoms with van der Waals surface area (Å²) in [5, 5.41) is 11.4. The molecule has 4 nitrogen and oxygen atoms in total. The topological polar surface area (TPSA) is 49.3 Å². The summed E-state index contributed by atoms with van der Waals surface area (Å²) >= 11 is 0. The fourth-order valence-corrected chi connectivity index (χ4v) is 4.76. The quantitative estimate of drug-likeness (QED) is 0.787. The molecular weight excluding hydrogens is 322 g/mol. The first-order valence-corrected chi connectivity index (χ1v) is 9.46. The first-order chi connectivity index (χ1) is 12.7. The van der Waals surface area contributed by atoms with Gasteiger partial charge in [0.15, 0.2) is 0 Å². The van der Waals surface area contributed by atoms with Crippen molar-refractivity contribution in [3.63, 3.8) is 0 Å². The van der Waals surface area contributed by atoms with E-state index in [1.165, 1.54) is 5.56 Å². The Hall–Kier alpha value is -2.30. The first-order valence-electron chi connectivity index (χ1n) is 9.46. The molecule has 3 heterocycles. The Morgan fingerprint density at radius 2 is 1.58 bits per heavy atom. The van der Waals surface area contributed by atoms with Crippen LogP contribution in [0, 0.1) is 0 Å². The van der Waals surface area contributed by atoms with E-state index in [1.807, 2.05) is 24.3 Å². The van der Waals surface area contributed by atoms with Crippen molar-refractivity contribution >= 4 is 11.0 Å². The lowest BCUT2D eigenvalue weighted by Gasteiger charge is -2.43. The number of hydrogen-bond acceptors (Lipinski definition) is 4. The van der Waals surface area contributed by atoms with Crippen LogP contribution < -0.4 is 0 Å². The van der Waals surface area contributed by atoms with Crippen molar-refractivity contribution in [3.8, 4) is 0 Å². The van der Waals surface area contributed by atoms with Crippen LogP contribution in [0.5, 0.6) is 0 Å². The Kier molecular flexibility index (Phi) is 3.76. The Labute approximate surface area is 153 Å². The van der Waals surface area contributed by atoms with Gasteiger partial charge in [-0.2, -0.15) is 0 Å². The molecule has 1 N–H and O–H groups in total. The van der Waals surface area contributed by atoms with Crippen molar-refractivity contribution in [2.45, 2.75) is 49.9 Å². The predicted molar refractivity (Wildman–Crippen MR) is 101 cm³/mol. The molecule has 2 aliphatic rings. The van der Waals surface area contributed by atoms with Gasteiger partial charge in [0.25, 0.3) is 0 Å². The van der Waals surface area contributed by atoms with E-state index in [2.05, 4.69) is 40.2 Å². The minimum Gasteiger partial charge on any atom is -0.383 e. The third kappa shape index (κ3) is 2.70. The molecular formula is C22H23N3O. The highest BCUT2D eigenvalue weighted by Gasteiger charge is 2.49. The second kappa shape index (κ2) is 6.15. The van der Waals surface area contributed by atoms with E-state index in [0.29, 0.717) is 12.1 Å². The molecule has 1 aromatic heterocycles. The highest BCUT2D eigenvalue weighted by molar-refractivity contribution is 5.73. The van der Waals surface area contributed by atoms with Gasteiger partial charge in [0.2, 0.25) is 0 Å². The summed E-state index contributed by atoms with van der Waals surface area (Å²) in [6, 6.07) is 19.3. The maximum atomic E-state index is 11.4. The highest BCUT2D eigenvalue weighted by atomic mass is 16.3. The standard InChI is InChI=1S/C22H23N3O/c26-22(21-14-23-19-8-4-5-9-20(19)24-21)12-17-10-11-18(13-22)25(17)15-16-6-2-1-3-7-16/h1-9,14,17-18,26H,10-13,15H2. The Balaban J connectivity index is 1.42. The predicted octanol–water partition coefficient (Wildman–Crippen LogP) is 3.64. The van der Waals surface area contributed by atoms with Gasteiger partial charge in [-0.15, -0.1) is 0 Å². The van der Waals surface area contributed by atoms with Gasteiger partial charge in [-0.05, 0) is 43.4 Å². The molecule has 3 aromatic rings. The van der Waals surface area contributed by atoms with Crippen molar-refractivity contribution in [2.24, 2.45) is 0 Å². The number of nitrogens with zero attached hydrogens (tertiary/aromatic N) is 3. The minimum atomic E-state index is -0.865. The molecule has 5 rings (SSSR count). The van der Waals surface area contributed by atoms with Gasteiger partial charge in [-0.25, -0.2) is 4.98 Å². The van der Waals surface area contributed by atoms with Crippen LogP contribution in [-0.4, -0.2) is 32.1 Å². The number of aliphatic hydroxyl groups is 1. The van der Waals surface area contributed by atoms with Crippen LogP contribution in [-0.2, 0) is 12.1 Å². The summed E-state index contributed by atoms with van der Waals surface area (Å²) in [4.78, 5) is 11.8. The number of piperidine rings is 1. The molecule has 2 atom stereocenters. The smallest absolute Gasteiger partial charge is 0.111 e. The summed E-state index contributed by atoms with van der Waals surface area (Å²) in [5.74, 6) is 0. The van der Waals surface area contributed by atoms with Crippen molar-refractivity contribution in [1.82, 2.24) is 14.9 Å². The Morgan fingerprint density at radius 3 is 2.31 bits per heavy atom. The lowest BCUT2D eigenvalue weighted by Crippen LogP contribution is -2.49. The zero-order valence-electron chi connectivity index (χ0n) is 14.8. The van der Waals surface area contributed by atoms with E-state index < -0.39 is 5.60 Å². The van der Waals surface area contributed by atoms with Crippen LogP contribution in [0.1, 0.15) is 36.9 Å². The van der Waals surface area contributed by atoms with Crippen molar-refractivity contribution in [1.29, 1.82) is 0 Å². The maximum absolute atomic E-state index is 11.4. The molecule has 0 radical (unpaired) electrons. The zero-order chi connectivity index (χ0) is 17.6. The molecule has 2 bridgehead atoms. The Bertz CT molecular complexity index is 913. The molecule has 0 aliphatic carbocycles. The first kappa shape index (κ1) is 15.9. The number of fused-ring (bicyclic) bond motifs is 3. The van der Waals surface area contributed by atoms with Gasteiger partial charge in [-0.1, -0.05) is 42.5 Å². The summed E-state index contributed by atoms with van der Waals surface area (Å²) in [6.45, 7) is 0.968. The van der Waals surface area contributed by atoms with E-state index in [9.17, 15) is 5.11 Å². The van der Waals surface area contributed by atoms with E-state index in [1.54, 1.807) is 6.20 Å². The van der Waals surface area contributed by atoms with Crippen molar-refractivity contribution < 1.29 is 5.11 Å². The lowest BCUT2D eigenvalue weighted by molar-refractivity contribution is -0.0623. The lowest BCUT2D eigenvalue weighted by atomic mass is 9.83. The van der Waals surface area contributed by atoms with Gasteiger partial charge in [-0.3, -0.25) is 9.88 Å². The van der Waals surface area contributed by atoms with Crippen LogP contribution >= 0.6 is 0 Å². The monoisotopic (exact) mass is 345 g/mol. The van der Waals surface area contributed by atoms with Crippen LogP contribution in [0.3, 0.4) is 0 Å². The summed E-state index contributed by atoms with van der Waals surface area (Å²) < 4.78 is 0. The van der Waals surface area contributed by atoms with Crippen LogP contribution in [0.25, 0.3) is 11.0 Å². The molecule has 2 aromatic carbocycles. The molecule has 0 spiro atoms.